The second kappa shape index (κ2) is 10.5. The van der Waals surface area contributed by atoms with Crippen LogP contribution in [0.4, 0.5) is 4.79 Å². The molecule has 0 spiro atoms. The molecule has 0 radical (unpaired) electrons. The molecule has 2 aromatic carbocycles. The lowest BCUT2D eigenvalue weighted by atomic mass is 10.0. The van der Waals surface area contributed by atoms with Crippen LogP contribution in [0.5, 0.6) is 0 Å². The third-order valence-corrected chi connectivity index (χ3v) is 4.05. The van der Waals surface area contributed by atoms with Gasteiger partial charge in [-0.3, -0.25) is 0 Å². The highest BCUT2D eigenvalue weighted by molar-refractivity contribution is 5.72. The largest absolute Gasteiger partial charge is 0.479 e. The summed E-state index contributed by atoms with van der Waals surface area (Å²) in [7, 11) is 0. The molecule has 2 N–H and O–H groups in total. The van der Waals surface area contributed by atoms with Gasteiger partial charge in [-0.1, -0.05) is 54.1 Å². The average molecular weight is 385 g/mol. The Morgan fingerprint density at radius 1 is 1.04 bits per heavy atom. The van der Waals surface area contributed by atoms with Crippen molar-refractivity contribution in [2.75, 3.05) is 0 Å². The van der Waals surface area contributed by atoms with Gasteiger partial charge in [0.1, 0.15) is 6.61 Å². The molecular weight excluding hydrogens is 358 g/mol. The topological polar surface area (TPSA) is 84.9 Å². The van der Waals surface area contributed by atoms with E-state index in [2.05, 4.69) is 5.32 Å². The van der Waals surface area contributed by atoms with Crippen molar-refractivity contribution in [3.63, 3.8) is 0 Å². The maximum absolute atomic E-state index is 11.9. The van der Waals surface area contributed by atoms with E-state index < -0.39 is 18.2 Å². The van der Waals surface area contributed by atoms with E-state index in [0.29, 0.717) is 6.54 Å². The van der Waals surface area contributed by atoms with Gasteiger partial charge in [-0.2, -0.15) is 0 Å². The first-order valence-corrected chi connectivity index (χ1v) is 9.25. The molecule has 6 nitrogen and oxygen atoms in total. The Bertz CT molecular complexity index is 786. The van der Waals surface area contributed by atoms with Gasteiger partial charge >= 0.3 is 12.1 Å². The molecule has 2 rings (SSSR count). The number of rotatable bonds is 9. The maximum Gasteiger partial charge on any atom is 0.407 e. The standard InChI is InChI=1S/C22H27NO5/c1-15(2)28-20(21(24)25)12-18-5-4-6-19(11-18)13-23-22(26)27-14-17-9-7-16(3)8-10-17/h4-11,15,20H,12-14H2,1-3H3,(H,23,26)(H,24,25). The summed E-state index contributed by atoms with van der Waals surface area (Å²) in [6.45, 7) is 6.11. The minimum absolute atomic E-state index is 0.172. The Morgan fingerprint density at radius 3 is 2.36 bits per heavy atom. The van der Waals surface area contributed by atoms with Crippen molar-refractivity contribution in [3.8, 4) is 0 Å². The van der Waals surface area contributed by atoms with Gasteiger partial charge in [0, 0.05) is 13.0 Å². The molecule has 2 aromatic rings. The molecule has 6 heteroatoms. The van der Waals surface area contributed by atoms with Crippen molar-refractivity contribution in [3.05, 3.63) is 70.8 Å². The Kier molecular flexibility index (Phi) is 8.02. The number of carbonyl (C=O) groups excluding carboxylic acids is 1. The number of hydrogen-bond acceptors (Lipinski definition) is 4. The molecule has 0 aliphatic rings. The van der Waals surface area contributed by atoms with E-state index in [-0.39, 0.29) is 19.1 Å². The van der Waals surface area contributed by atoms with Crippen LogP contribution in [0, 0.1) is 6.92 Å². The van der Waals surface area contributed by atoms with Crippen LogP contribution >= 0.6 is 0 Å². The first-order chi connectivity index (χ1) is 13.3. The molecule has 0 aliphatic carbocycles. The number of carboxylic acids is 1. The molecular formula is C22H27NO5. The normalized spacial score (nSPS) is 11.9. The summed E-state index contributed by atoms with van der Waals surface area (Å²) < 4.78 is 10.7. The summed E-state index contributed by atoms with van der Waals surface area (Å²) in [5, 5.41) is 12.0. The first-order valence-electron chi connectivity index (χ1n) is 9.25. The van der Waals surface area contributed by atoms with Crippen molar-refractivity contribution < 1.29 is 24.2 Å². The van der Waals surface area contributed by atoms with Crippen molar-refractivity contribution in [1.29, 1.82) is 0 Å². The predicted molar refractivity (Wildman–Crippen MR) is 106 cm³/mol. The smallest absolute Gasteiger partial charge is 0.407 e. The third kappa shape index (κ3) is 7.40. The van der Waals surface area contributed by atoms with Crippen molar-refractivity contribution in [1.82, 2.24) is 5.32 Å². The fourth-order valence-electron chi connectivity index (χ4n) is 2.66. The number of carbonyl (C=O) groups is 2. The SMILES string of the molecule is Cc1ccc(COC(=O)NCc2cccc(CC(OC(C)C)C(=O)O)c2)cc1. The zero-order chi connectivity index (χ0) is 20.5. The summed E-state index contributed by atoms with van der Waals surface area (Å²) in [6.07, 6.45) is -1.31. The van der Waals surface area contributed by atoms with Gasteiger partial charge in [0.25, 0.3) is 0 Å². The van der Waals surface area contributed by atoms with E-state index in [1.807, 2.05) is 55.5 Å². The molecule has 0 aromatic heterocycles. The first kappa shape index (κ1) is 21.4. The highest BCUT2D eigenvalue weighted by Crippen LogP contribution is 2.12. The van der Waals surface area contributed by atoms with Crippen molar-refractivity contribution in [2.45, 2.75) is 52.6 Å². The Morgan fingerprint density at radius 2 is 1.71 bits per heavy atom. The molecule has 0 saturated heterocycles. The van der Waals surface area contributed by atoms with E-state index in [4.69, 9.17) is 9.47 Å². The molecule has 1 amide bonds. The predicted octanol–water partition coefficient (Wildman–Crippen LogP) is 3.84. The molecule has 1 atom stereocenters. The number of carboxylic acid groups (broad SMARTS) is 1. The third-order valence-electron chi connectivity index (χ3n) is 4.05. The van der Waals surface area contributed by atoms with Crippen LogP contribution in [0.15, 0.2) is 48.5 Å². The van der Waals surface area contributed by atoms with Gasteiger partial charge in [-0.15, -0.1) is 0 Å². The van der Waals surface area contributed by atoms with Crippen LogP contribution in [-0.4, -0.2) is 29.4 Å². The van der Waals surface area contributed by atoms with Crippen LogP contribution in [0.2, 0.25) is 0 Å². The zero-order valence-corrected chi connectivity index (χ0v) is 16.5. The lowest BCUT2D eigenvalue weighted by Crippen LogP contribution is -2.29. The fraction of sp³-hybridized carbons (Fsp3) is 0.364. The van der Waals surface area contributed by atoms with Gasteiger partial charge in [0.15, 0.2) is 6.10 Å². The summed E-state index contributed by atoms with van der Waals surface area (Å²) in [4.78, 5) is 23.2. The van der Waals surface area contributed by atoms with Crippen LogP contribution in [0.3, 0.4) is 0 Å². The van der Waals surface area contributed by atoms with Crippen molar-refractivity contribution >= 4 is 12.1 Å². The van der Waals surface area contributed by atoms with E-state index in [1.165, 1.54) is 0 Å². The molecule has 0 saturated carbocycles. The van der Waals surface area contributed by atoms with E-state index in [1.54, 1.807) is 13.8 Å². The minimum Gasteiger partial charge on any atom is -0.479 e. The van der Waals surface area contributed by atoms with Crippen LogP contribution < -0.4 is 5.32 Å². The lowest BCUT2D eigenvalue weighted by molar-refractivity contribution is -0.153. The molecule has 0 heterocycles. The molecule has 1 unspecified atom stereocenters. The average Bonchev–Trinajstić information content (AvgIpc) is 2.65. The molecule has 150 valence electrons. The van der Waals surface area contributed by atoms with Crippen molar-refractivity contribution in [2.24, 2.45) is 0 Å². The quantitative estimate of drug-likeness (QED) is 0.685. The molecule has 0 bridgehead atoms. The molecule has 0 aliphatic heterocycles. The van der Waals surface area contributed by atoms with Gasteiger partial charge in [0.2, 0.25) is 0 Å². The highest BCUT2D eigenvalue weighted by Gasteiger charge is 2.20. The fourth-order valence-corrected chi connectivity index (χ4v) is 2.66. The number of amides is 1. The minimum atomic E-state index is -0.989. The summed E-state index contributed by atoms with van der Waals surface area (Å²) in [5.41, 5.74) is 3.77. The Hall–Kier alpha value is -2.86. The van der Waals surface area contributed by atoms with E-state index >= 15 is 0 Å². The second-order valence-electron chi connectivity index (χ2n) is 6.95. The molecule has 28 heavy (non-hydrogen) atoms. The Balaban J connectivity index is 1.85. The zero-order valence-electron chi connectivity index (χ0n) is 16.5. The van der Waals surface area contributed by atoms with Crippen LogP contribution in [0.25, 0.3) is 0 Å². The number of hydrogen-bond donors (Lipinski definition) is 2. The number of aryl methyl sites for hydroxylation is 1. The monoisotopic (exact) mass is 385 g/mol. The highest BCUT2D eigenvalue weighted by atomic mass is 16.5. The maximum atomic E-state index is 11.9. The number of benzene rings is 2. The lowest BCUT2D eigenvalue weighted by Gasteiger charge is -2.17. The summed E-state index contributed by atoms with van der Waals surface area (Å²) >= 11 is 0. The van der Waals surface area contributed by atoms with Gasteiger partial charge in [-0.05, 0) is 37.5 Å². The summed E-state index contributed by atoms with van der Waals surface area (Å²) in [6, 6.07) is 15.2. The number of aliphatic carboxylic acids is 1. The number of ether oxygens (including phenoxy) is 2. The van der Waals surface area contributed by atoms with Gasteiger partial charge in [-0.25, -0.2) is 9.59 Å². The number of nitrogens with one attached hydrogen (secondary N) is 1. The number of alkyl carbamates (subject to hydrolysis) is 1. The van der Waals surface area contributed by atoms with E-state index in [9.17, 15) is 14.7 Å². The van der Waals surface area contributed by atoms with Gasteiger partial charge < -0.3 is 19.9 Å². The second-order valence-corrected chi connectivity index (χ2v) is 6.95. The van der Waals surface area contributed by atoms with E-state index in [0.717, 1.165) is 22.3 Å². The summed E-state index contributed by atoms with van der Waals surface area (Å²) in [5.74, 6) is -0.989. The Labute approximate surface area is 165 Å². The van der Waals surface area contributed by atoms with Crippen LogP contribution in [-0.2, 0) is 33.8 Å². The van der Waals surface area contributed by atoms with Gasteiger partial charge in [0.05, 0.1) is 6.10 Å². The van der Waals surface area contributed by atoms with Crippen LogP contribution in [0.1, 0.15) is 36.1 Å². The molecule has 0 fully saturated rings.